The molecule has 2 aliphatic rings. The second kappa shape index (κ2) is 7.84. The maximum Gasteiger partial charge on any atom is 0.107 e. The second-order valence-corrected chi connectivity index (χ2v) is 7.10. The van der Waals surface area contributed by atoms with E-state index in [1.165, 1.54) is 0 Å². The molecule has 0 radical (unpaired) electrons. The number of nitroso groups, excluding NO2 is 1. The Labute approximate surface area is 157 Å². The average Bonchev–Trinajstić information content (AvgIpc) is 2.72. The van der Waals surface area contributed by atoms with Crippen molar-refractivity contribution < 1.29 is 0 Å². The van der Waals surface area contributed by atoms with Gasteiger partial charge in [-0.15, -0.1) is 0 Å². The summed E-state index contributed by atoms with van der Waals surface area (Å²) in [6, 6.07) is 11.0. The van der Waals surface area contributed by atoms with Crippen molar-refractivity contribution >= 4 is 11.4 Å². The van der Waals surface area contributed by atoms with Crippen LogP contribution >= 0.6 is 0 Å². The predicted octanol–water partition coefficient (Wildman–Crippen LogP) is 2.95. The van der Waals surface area contributed by atoms with Gasteiger partial charge in [-0.2, -0.15) is 15.1 Å². The number of nitrogens with zero attached hydrogens (tertiary/aromatic N) is 5. The quantitative estimate of drug-likeness (QED) is 0.847. The Bertz CT molecular complexity index is 851. The van der Waals surface area contributed by atoms with Gasteiger partial charge in [0.25, 0.3) is 0 Å². The fourth-order valence-corrected chi connectivity index (χ4v) is 4.08. The molecule has 2 aromatic rings. The molecule has 1 aliphatic heterocycles. The van der Waals surface area contributed by atoms with Crippen molar-refractivity contribution in [2.45, 2.75) is 37.8 Å². The van der Waals surface area contributed by atoms with E-state index in [4.69, 9.17) is 5.73 Å². The highest BCUT2D eigenvalue weighted by molar-refractivity contribution is 6.10. The van der Waals surface area contributed by atoms with Crippen molar-refractivity contribution in [2.75, 3.05) is 0 Å². The first-order chi connectivity index (χ1) is 13.3. The average molecular weight is 362 g/mol. The van der Waals surface area contributed by atoms with Crippen LogP contribution in [0.1, 0.15) is 37.1 Å². The molecule has 7 heteroatoms. The van der Waals surface area contributed by atoms with Gasteiger partial charge in [0, 0.05) is 30.3 Å². The van der Waals surface area contributed by atoms with E-state index in [1.807, 2.05) is 36.4 Å². The zero-order chi connectivity index (χ0) is 18.6. The van der Waals surface area contributed by atoms with E-state index in [1.54, 1.807) is 12.4 Å². The Morgan fingerprint density at radius 2 is 1.37 bits per heavy atom. The third-order valence-corrected chi connectivity index (χ3v) is 5.52. The Hall–Kier alpha value is -2.80. The molecule has 0 amide bonds. The van der Waals surface area contributed by atoms with Gasteiger partial charge in [0.05, 0.1) is 22.8 Å². The van der Waals surface area contributed by atoms with Gasteiger partial charge in [0.1, 0.15) is 6.04 Å². The highest BCUT2D eigenvalue weighted by Crippen LogP contribution is 2.36. The maximum atomic E-state index is 11.2. The topological polar surface area (TPSA) is 106 Å². The lowest BCUT2D eigenvalue weighted by Gasteiger charge is -2.35. The van der Waals surface area contributed by atoms with Gasteiger partial charge in [-0.05, 0) is 49.9 Å². The highest BCUT2D eigenvalue weighted by atomic mass is 16.3. The lowest BCUT2D eigenvalue weighted by molar-refractivity contribution is 0.336. The maximum absolute atomic E-state index is 11.2. The molecule has 2 N–H and O–H groups in total. The minimum atomic E-state index is -0.354. The molecule has 27 heavy (non-hydrogen) atoms. The van der Waals surface area contributed by atoms with E-state index in [9.17, 15) is 4.91 Å². The predicted molar refractivity (Wildman–Crippen MR) is 105 cm³/mol. The number of rotatable bonds is 3. The van der Waals surface area contributed by atoms with Crippen molar-refractivity contribution in [3.8, 4) is 0 Å². The van der Waals surface area contributed by atoms with Gasteiger partial charge < -0.3 is 5.73 Å². The van der Waals surface area contributed by atoms with Crippen LogP contribution in [0.25, 0.3) is 0 Å². The van der Waals surface area contributed by atoms with Crippen molar-refractivity contribution in [3.63, 3.8) is 0 Å². The van der Waals surface area contributed by atoms with Crippen LogP contribution in [0.2, 0.25) is 0 Å². The standard InChI is InChI=1S/C20H22N6O/c21-15-9-7-13-14(8-10-16(15)26-27)20(18-6-2-4-12-23-18)25-24-19(13)17-5-1-3-11-22-17/h1-6,11-16H,7-10,21H2. The van der Waals surface area contributed by atoms with Crippen molar-refractivity contribution in [1.29, 1.82) is 0 Å². The molecule has 138 valence electrons. The highest BCUT2D eigenvalue weighted by Gasteiger charge is 2.38. The molecular formula is C20H22N6O. The first-order valence-corrected chi connectivity index (χ1v) is 9.34. The summed E-state index contributed by atoms with van der Waals surface area (Å²) in [6.45, 7) is 0. The molecule has 4 rings (SSSR count). The summed E-state index contributed by atoms with van der Waals surface area (Å²) in [7, 11) is 0. The normalized spacial score (nSPS) is 28.2. The number of fused-ring (bicyclic) bond motifs is 1. The number of pyridine rings is 2. The van der Waals surface area contributed by atoms with Crippen molar-refractivity contribution in [1.82, 2.24) is 9.97 Å². The molecule has 1 aliphatic carbocycles. The van der Waals surface area contributed by atoms with E-state index >= 15 is 0 Å². The van der Waals surface area contributed by atoms with Crippen LogP contribution < -0.4 is 5.73 Å². The van der Waals surface area contributed by atoms with Gasteiger partial charge in [-0.1, -0.05) is 17.3 Å². The number of hydrogen-bond acceptors (Lipinski definition) is 7. The van der Waals surface area contributed by atoms with Crippen LogP contribution in [-0.4, -0.2) is 33.5 Å². The molecular weight excluding hydrogens is 340 g/mol. The zero-order valence-electron chi connectivity index (χ0n) is 15.0. The van der Waals surface area contributed by atoms with Crippen LogP contribution in [0.15, 0.2) is 64.2 Å². The Balaban J connectivity index is 1.75. The monoisotopic (exact) mass is 362 g/mol. The van der Waals surface area contributed by atoms with E-state index in [2.05, 4.69) is 25.3 Å². The zero-order valence-corrected chi connectivity index (χ0v) is 15.0. The lowest BCUT2D eigenvalue weighted by atomic mass is 9.73. The summed E-state index contributed by atoms with van der Waals surface area (Å²) in [4.78, 5) is 20.2. The first kappa shape index (κ1) is 17.6. The number of aromatic nitrogens is 2. The largest absolute Gasteiger partial charge is 0.326 e. The first-order valence-electron chi connectivity index (χ1n) is 9.34. The second-order valence-electron chi connectivity index (χ2n) is 7.10. The lowest BCUT2D eigenvalue weighted by Crippen LogP contribution is -2.42. The van der Waals surface area contributed by atoms with Crippen LogP contribution in [0.4, 0.5) is 0 Å². The Morgan fingerprint density at radius 1 is 0.815 bits per heavy atom. The summed E-state index contributed by atoms with van der Waals surface area (Å²) >= 11 is 0. The van der Waals surface area contributed by atoms with Crippen molar-refractivity contribution in [3.05, 3.63) is 65.1 Å². The fourth-order valence-electron chi connectivity index (χ4n) is 4.08. The summed E-state index contributed by atoms with van der Waals surface area (Å²) in [5, 5.41) is 12.4. The number of hydrogen-bond donors (Lipinski definition) is 1. The van der Waals surface area contributed by atoms with Gasteiger partial charge in [-0.3, -0.25) is 9.97 Å². The van der Waals surface area contributed by atoms with Crippen molar-refractivity contribution in [2.24, 2.45) is 32.9 Å². The van der Waals surface area contributed by atoms with E-state index < -0.39 is 0 Å². The third kappa shape index (κ3) is 3.55. The van der Waals surface area contributed by atoms with E-state index in [0.29, 0.717) is 6.42 Å². The van der Waals surface area contributed by atoms with Crippen LogP contribution in [0, 0.1) is 16.7 Å². The molecule has 1 fully saturated rings. The van der Waals surface area contributed by atoms with Crippen LogP contribution in [0.3, 0.4) is 0 Å². The molecule has 0 aromatic carbocycles. The summed E-state index contributed by atoms with van der Waals surface area (Å²) in [5.41, 5.74) is 9.66. The van der Waals surface area contributed by atoms with Gasteiger partial charge in [0.15, 0.2) is 0 Å². The molecule has 1 saturated carbocycles. The third-order valence-electron chi connectivity index (χ3n) is 5.52. The molecule has 0 bridgehead atoms. The van der Waals surface area contributed by atoms with Gasteiger partial charge in [-0.25, -0.2) is 0 Å². The molecule has 7 nitrogen and oxygen atoms in total. The smallest absolute Gasteiger partial charge is 0.107 e. The Morgan fingerprint density at radius 3 is 1.85 bits per heavy atom. The molecule has 4 atom stereocenters. The van der Waals surface area contributed by atoms with E-state index in [0.717, 1.165) is 42.1 Å². The van der Waals surface area contributed by atoms with Gasteiger partial charge >= 0.3 is 0 Å². The molecule has 0 saturated heterocycles. The van der Waals surface area contributed by atoms with Gasteiger partial charge in [0.2, 0.25) is 0 Å². The van der Waals surface area contributed by atoms with Crippen LogP contribution in [-0.2, 0) is 0 Å². The van der Waals surface area contributed by atoms with Crippen LogP contribution in [0.5, 0.6) is 0 Å². The summed E-state index contributed by atoms with van der Waals surface area (Å²) < 4.78 is 0. The molecule has 3 heterocycles. The summed E-state index contributed by atoms with van der Waals surface area (Å²) in [5.74, 6) is 0.263. The van der Waals surface area contributed by atoms with E-state index in [-0.39, 0.29) is 23.9 Å². The molecule has 2 aromatic heterocycles. The molecule has 4 unspecified atom stereocenters. The fraction of sp³-hybridized carbons (Fsp3) is 0.400. The minimum Gasteiger partial charge on any atom is -0.326 e. The molecule has 0 spiro atoms. The summed E-state index contributed by atoms with van der Waals surface area (Å²) in [6.07, 6.45) is 6.49. The minimum absolute atomic E-state index is 0.117. The SMILES string of the molecule is NC1CCC2C(c3ccccn3)=NN=C(c3ccccn3)C2CCC1N=O. The number of nitrogens with two attached hydrogens (primary N) is 1. The Kier molecular flexibility index (Phi) is 5.11.